The summed E-state index contributed by atoms with van der Waals surface area (Å²) in [5.41, 5.74) is 4.52. The van der Waals surface area contributed by atoms with Gasteiger partial charge in [0.15, 0.2) is 5.84 Å². The first kappa shape index (κ1) is 13.8. The van der Waals surface area contributed by atoms with E-state index in [1.807, 2.05) is 0 Å². The van der Waals surface area contributed by atoms with Gasteiger partial charge in [-0.15, -0.1) is 0 Å². The Morgan fingerprint density at radius 1 is 1.65 bits per heavy atom. The Balaban J connectivity index is 2.61. The summed E-state index contributed by atoms with van der Waals surface area (Å²) in [6, 6.07) is 0. The summed E-state index contributed by atoms with van der Waals surface area (Å²) < 4.78 is 5.47. The van der Waals surface area contributed by atoms with Gasteiger partial charge in [-0.25, -0.2) is 0 Å². The van der Waals surface area contributed by atoms with Crippen molar-refractivity contribution < 1.29 is 14.7 Å². The number of ether oxygens (including phenoxy) is 1. The number of hydrogen-bond donors (Lipinski definition) is 2. The molecule has 1 aliphatic heterocycles. The SMILES string of the molecule is CN(CC1CCCO1)C(=O)C(C)(C)C(N)=NO. The first-order valence-electron chi connectivity index (χ1n) is 5.74. The van der Waals surface area contributed by atoms with E-state index in [-0.39, 0.29) is 17.8 Å². The Hall–Kier alpha value is -1.30. The molecule has 0 saturated carbocycles. The van der Waals surface area contributed by atoms with Crippen LogP contribution in [-0.2, 0) is 9.53 Å². The first-order valence-corrected chi connectivity index (χ1v) is 5.74. The Labute approximate surface area is 101 Å². The lowest BCUT2D eigenvalue weighted by atomic mass is 9.90. The topological polar surface area (TPSA) is 88.2 Å². The smallest absolute Gasteiger partial charge is 0.235 e. The Bertz CT molecular complexity index is 309. The highest BCUT2D eigenvalue weighted by molar-refractivity contribution is 6.05. The number of oxime groups is 1. The maximum atomic E-state index is 12.2. The number of likely N-dealkylation sites (N-methyl/N-ethyl adjacent to an activating group) is 1. The molecule has 1 fully saturated rings. The molecular formula is C11H21N3O3. The van der Waals surface area contributed by atoms with E-state index in [1.54, 1.807) is 25.8 Å². The summed E-state index contributed by atoms with van der Waals surface area (Å²) in [6.07, 6.45) is 2.12. The fraction of sp³-hybridized carbons (Fsp3) is 0.818. The van der Waals surface area contributed by atoms with Crippen molar-refractivity contribution >= 4 is 11.7 Å². The fourth-order valence-corrected chi connectivity index (χ4v) is 1.89. The van der Waals surface area contributed by atoms with Gasteiger partial charge in [0, 0.05) is 20.2 Å². The van der Waals surface area contributed by atoms with Gasteiger partial charge in [0.2, 0.25) is 5.91 Å². The van der Waals surface area contributed by atoms with Crippen molar-refractivity contribution in [2.24, 2.45) is 16.3 Å². The lowest BCUT2D eigenvalue weighted by Gasteiger charge is -2.29. The molecule has 1 amide bonds. The molecule has 1 rings (SSSR count). The molecule has 0 aliphatic carbocycles. The second-order valence-corrected chi connectivity index (χ2v) is 4.93. The van der Waals surface area contributed by atoms with Crippen molar-refractivity contribution in [3.63, 3.8) is 0 Å². The molecule has 17 heavy (non-hydrogen) atoms. The fourth-order valence-electron chi connectivity index (χ4n) is 1.89. The molecule has 0 bridgehead atoms. The van der Waals surface area contributed by atoms with Crippen LogP contribution >= 0.6 is 0 Å². The minimum Gasteiger partial charge on any atom is -0.409 e. The van der Waals surface area contributed by atoms with Gasteiger partial charge in [-0.1, -0.05) is 5.16 Å². The molecule has 0 spiro atoms. The number of amidine groups is 1. The normalized spacial score (nSPS) is 21.6. The lowest BCUT2D eigenvalue weighted by molar-refractivity contribution is -0.137. The van der Waals surface area contributed by atoms with E-state index in [1.165, 1.54) is 0 Å². The Morgan fingerprint density at radius 3 is 2.76 bits per heavy atom. The number of nitrogens with zero attached hydrogens (tertiary/aromatic N) is 2. The average molecular weight is 243 g/mol. The van der Waals surface area contributed by atoms with Crippen molar-refractivity contribution in [3.8, 4) is 0 Å². The third-order valence-corrected chi connectivity index (χ3v) is 3.13. The monoisotopic (exact) mass is 243 g/mol. The average Bonchev–Trinajstić information content (AvgIpc) is 2.79. The molecule has 1 aliphatic rings. The number of amides is 1. The Kier molecular flexibility index (Phi) is 4.34. The van der Waals surface area contributed by atoms with Gasteiger partial charge in [0.25, 0.3) is 0 Å². The number of hydrogen-bond acceptors (Lipinski definition) is 4. The molecule has 1 atom stereocenters. The van der Waals surface area contributed by atoms with Crippen LogP contribution in [0.25, 0.3) is 0 Å². The van der Waals surface area contributed by atoms with Gasteiger partial charge >= 0.3 is 0 Å². The van der Waals surface area contributed by atoms with E-state index < -0.39 is 5.41 Å². The summed E-state index contributed by atoms with van der Waals surface area (Å²) in [5, 5.41) is 11.6. The van der Waals surface area contributed by atoms with Crippen LogP contribution in [0, 0.1) is 5.41 Å². The second-order valence-electron chi connectivity index (χ2n) is 4.93. The highest BCUT2D eigenvalue weighted by Gasteiger charge is 2.36. The zero-order valence-electron chi connectivity index (χ0n) is 10.6. The van der Waals surface area contributed by atoms with Gasteiger partial charge in [0.1, 0.15) is 5.41 Å². The molecule has 0 aromatic carbocycles. The van der Waals surface area contributed by atoms with E-state index in [0.717, 1.165) is 19.4 Å². The van der Waals surface area contributed by atoms with E-state index in [0.29, 0.717) is 6.54 Å². The molecule has 6 heteroatoms. The van der Waals surface area contributed by atoms with Crippen LogP contribution in [0.5, 0.6) is 0 Å². The number of nitrogens with two attached hydrogens (primary N) is 1. The third-order valence-electron chi connectivity index (χ3n) is 3.13. The van der Waals surface area contributed by atoms with Crippen LogP contribution in [-0.4, -0.2) is 48.2 Å². The summed E-state index contributed by atoms with van der Waals surface area (Å²) in [4.78, 5) is 13.7. The van der Waals surface area contributed by atoms with Crippen LogP contribution < -0.4 is 5.73 Å². The largest absolute Gasteiger partial charge is 0.409 e. The van der Waals surface area contributed by atoms with Crippen molar-refractivity contribution in [1.82, 2.24) is 4.90 Å². The summed E-state index contributed by atoms with van der Waals surface area (Å²) in [5.74, 6) is -0.259. The van der Waals surface area contributed by atoms with Crippen LogP contribution in [0.3, 0.4) is 0 Å². The molecule has 3 N–H and O–H groups in total. The van der Waals surface area contributed by atoms with E-state index >= 15 is 0 Å². The summed E-state index contributed by atoms with van der Waals surface area (Å²) >= 11 is 0. The maximum absolute atomic E-state index is 12.2. The molecule has 6 nitrogen and oxygen atoms in total. The molecule has 98 valence electrons. The molecule has 1 saturated heterocycles. The van der Waals surface area contributed by atoms with Gasteiger partial charge < -0.3 is 20.6 Å². The Morgan fingerprint density at radius 2 is 2.29 bits per heavy atom. The van der Waals surface area contributed by atoms with E-state index in [4.69, 9.17) is 15.7 Å². The highest BCUT2D eigenvalue weighted by Crippen LogP contribution is 2.20. The number of carbonyl (C=O) groups excluding carboxylic acids is 1. The van der Waals surface area contributed by atoms with Crippen molar-refractivity contribution in [2.45, 2.75) is 32.8 Å². The summed E-state index contributed by atoms with van der Waals surface area (Å²) in [7, 11) is 1.70. The van der Waals surface area contributed by atoms with Crippen molar-refractivity contribution in [1.29, 1.82) is 0 Å². The van der Waals surface area contributed by atoms with E-state index in [2.05, 4.69) is 5.16 Å². The summed E-state index contributed by atoms with van der Waals surface area (Å²) in [6.45, 7) is 4.57. The molecule has 0 aromatic rings. The van der Waals surface area contributed by atoms with Crippen LogP contribution in [0.4, 0.5) is 0 Å². The molecule has 0 aromatic heterocycles. The quantitative estimate of drug-likeness (QED) is 0.324. The zero-order valence-corrected chi connectivity index (χ0v) is 10.6. The van der Waals surface area contributed by atoms with E-state index in [9.17, 15) is 4.79 Å². The molecule has 0 radical (unpaired) electrons. The molecule has 1 heterocycles. The van der Waals surface area contributed by atoms with Crippen LogP contribution in [0.15, 0.2) is 5.16 Å². The number of rotatable bonds is 4. The molecule has 1 unspecified atom stereocenters. The minimum absolute atomic E-state index is 0.0818. The lowest BCUT2D eigenvalue weighted by Crippen LogP contribution is -2.48. The second kappa shape index (κ2) is 5.35. The first-order chi connectivity index (χ1) is 7.89. The maximum Gasteiger partial charge on any atom is 0.235 e. The van der Waals surface area contributed by atoms with Crippen molar-refractivity contribution in [2.75, 3.05) is 20.2 Å². The predicted molar refractivity (Wildman–Crippen MR) is 63.8 cm³/mol. The van der Waals surface area contributed by atoms with Crippen LogP contribution in [0.2, 0.25) is 0 Å². The van der Waals surface area contributed by atoms with Crippen LogP contribution in [0.1, 0.15) is 26.7 Å². The van der Waals surface area contributed by atoms with Gasteiger partial charge in [-0.3, -0.25) is 4.79 Å². The standard InChI is InChI=1S/C11H21N3O3/c1-11(2,9(12)13-16)10(15)14(3)7-8-5-4-6-17-8/h8,16H,4-7H2,1-3H3,(H2,12,13). The van der Waals surface area contributed by atoms with Gasteiger partial charge in [0.05, 0.1) is 6.10 Å². The van der Waals surface area contributed by atoms with Gasteiger partial charge in [-0.2, -0.15) is 0 Å². The van der Waals surface area contributed by atoms with Crippen molar-refractivity contribution in [3.05, 3.63) is 0 Å². The number of carbonyl (C=O) groups is 1. The predicted octanol–water partition coefficient (Wildman–Crippen LogP) is 0.396. The zero-order chi connectivity index (χ0) is 13.1. The minimum atomic E-state index is -0.998. The highest BCUT2D eigenvalue weighted by atomic mass is 16.5. The van der Waals surface area contributed by atoms with Gasteiger partial charge in [-0.05, 0) is 26.7 Å². The third kappa shape index (κ3) is 3.09. The molecular weight excluding hydrogens is 222 g/mol.